The fourth-order valence-electron chi connectivity index (χ4n) is 1.68. The Kier molecular flexibility index (Phi) is 3.19. The van der Waals surface area contributed by atoms with Gasteiger partial charge in [-0.15, -0.1) is 0 Å². The molecule has 3 heterocycles. The molecule has 0 unspecified atom stereocenters. The summed E-state index contributed by atoms with van der Waals surface area (Å²) in [4.78, 5) is 16.5. The summed E-state index contributed by atoms with van der Waals surface area (Å²) in [7, 11) is 0. The average molecular weight is 290 g/mol. The largest absolute Gasteiger partial charge is 0.274 e. The van der Waals surface area contributed by atoms with Crippen LogP contribution in [0, 0.1) is 0 Å². The SMILES string of the molecule is CC(C)c1ccn(-c2nc(Cl)nc(-n3ccnc3)n2)n1. The second-order valence-electron chi connectivity index (χ2n) is 4.51. The lowest BCUT2D eigenvalue weighted by atomic mass is 10.1. The summed E-state index contributed by atoms with van der Waals surface area (Å²) in [6.07, 6.45) is 6.77. The van der Waals surface area contributed by atoms with Gasteiger partial charge in [0.05, 0.1) is 5.69 Å². The van der Waals surface area contributed by atoms with Crippen molar-refractivity contribution >= 4 is 11.6 Å². The maximum atomic E-state index is 5.95. The molecular weight excluding hydrogens is 278 g/mol. The summed E-state index contributed by atoms with van der Waals surface area (Å²) < 4.78 is 3.24. The topological polar surface area (TPSA) is 74.3 Å². The van der Waals surface area contributed by atoms with E-state index in [0.717, 1.165) is 5.69 Å². The number of nitrogens with zero attached hydrogens (tertiary/aromatic N) is 7. The standard InChI is InChI=1S/C12H12ClN7/c1-8(2)9-3-5-20(18-9)12-16-10(13)15-11(17-12)19-6-4-14-7-19/h3-8H,1-2H3. The molecule has 0 aliphatic heterocycles. The van der Waals surface area contributed by atoms with Crippen LogP contribution in [0.3, 0.4) is 0 Å². The third-order valence-electron chi connectivity index (χ3n) is 2.73. The van der Waals surface area contributed by atoms with Gasteiger partial charge in [0.1, 0.15) is 6.33 Å². The molecule has 0 saturated carbocycles. The average Bonchev–Trinajstić information content (AvgIpc) is 3.10. The zero-order valence-electron chi connectivity index (χ0n) is 11.0. The first kappa shape index (κ1) is 12.7. The van der Waals surface area contributed by atoms with Crippen molar-refractivity contribution in [2.24, 2.45) is 0 Å². The van der Waals surface area contributed by atoms with Crippen molar-refractivity contribution in [2.45, 2.75) is 19.8 Å². The van der Waals surface area contributed by atoms with Crippen molar-refractivity contribution in [3.8, 4) is 11.9 Å². The minimum atomic E-state index is 0.111. The Balaban J connectivity index is 2.05. The Labute approximate surface area is 120 Å². The summed E-state index contributed by atoms with van der Waals surface area (Å²) >= 11 is 5.95. The first-order chi connectivity index (χ1) is 9.63. The molecule has 0 spiro atoms. The monoisotopic (exact) mass is 289 g/mol. The van der Waals surface area contributed by atoms with Crippen LogP contribution in [-0.4, -0.2) is 34.3 Å². The van der Waals surface area contributed by atoms with Gasteiger partial charge in [-0.25, -0.2) is 9.67 Å². The van der Waals surface area contributed by atoms with E-state index in [1.165, 1.54) is 0 Å². The molecule has 3 aromatic heterocycles. The highest BCUT2D eigenvalue weighted by Gasteiger charge is 2.11. The molecule has 0 aromatic carbocycles. The molecule has 0 atom stereocenters. The van der Waals surface area contributed by atoms with Crippen molar-refractivity contribution < 1.29 is 0 Å². The molecule has 102 valence electrons. The Morgan fingerprint density at radius 3 is 2.55 bits per heavy atom. The number of aromatic nitrogens is 7. The van der Waals surface area contributed by atoms with Gasteiger partial charge >= 0.3 is 0 Å². The normalized spacial score (nSPS) is 11.2. The molecule has 3 aromatic rings. The quantitative estimate of drug-likeness (QED) is 0.737. The minimum absolute atomic E-state index is 0.111. The summed E-state index contributed by atoms with van der Waals surface area (Å²) in [5, 5.41) is 4.54. The summed E-state index contributed by atoms with van der Waals surface area (Å²) in [6.45, 7) is 4.15. The van der Waals surface area contributed by atoms with E-state index in [4.69, 9.17) is 11.6 Å². The second kappa shape index (κ2) is 5.01. The predicted molar refractivity (Wildman–Crippen MR) is 73.2 cm³/mol. The van der Waals surface area contributed by atoms with Crippen LogP contribution in [0.4, 0.5) is 0 Å². The molecule has 0 bridgehead atoms. The minimum Gasteiger partial charge on any atom is -0.274 e. The molecule has 0 fully saturated rings. The van der Waals surface area contributed by atoms with E-state index in [2.05, 4.69) is 38.9 Å². The molecule has 0 N–H and O–H groups in total. The van der Waals surface area contributed by atoms with Gasteiger partial charge in [0.15, 0.2) is 0 Å². The van der Waals surface area contributed by atoms with E-state index in [1.807, 2.05) is 6.07 Å². The van der Waals surface area contributed by atoms with Crippen LogP contribution in [0.2, 0.25) is 5.28 Å². The maximum absolute atomic E-state index is 5.95. The van der Waals surface area contributed by atoms with E-state index in [-0.39, 0.29) is 5.28 Å². The molecule has 7 nitrogen and oxygen atoms in total. The highest BCUT2D eigenvalue weighted by atomic mass is 35.5. The van der Waals surface area contributed by atoms with E-state index in [0.29, 0.717) is 17.8 Å². The van der Waals surface area contributed by atoms with Crippen LogP contribution in [0.25, 0.3) is 11.9 Å². The van der Waals surface area contributed by atoms with E-state index in [9.17, 15) is 0 Å². The van der Waals surface area contributed by atoms with Crippen LogP contribution >= 0.6 is 11.6 Å². The Hall–Kier alpha value is -2.28. The molecule has 0 aliphatic carbocycles. The van der Waals surface area contributed by atoms with Crippen molar-refractivity contribution in [2.75, 3.05) is 0 Å². The molecule has 0 aliphatic rings. The maximum Gasteiger partial charge on any atom is 0.256 e. The first-order valence-electron chi connectivity index (χ1n) is 6.09. The fourth-order valence-corrected chi connectivity index (χ4v) is 1.83. The highest BCUT2D eigenvalue weighted by Crippen LogP contribution is 2.14. The van der Waals surface area contributed by atoms with E-state index >= 15 is 0 Å². The van der Waals surface area contributed by atoms with Gasteiger partial charge in [-0.05, 0) is 23.6 Å². The third kappa shape index (κ3) is 2.39. The van der Waals surface area contributed by atoms with Gasteiger partial charge in [0.2, 0.25) is 11.2 Å². The van der Waals surface area contributed by atoms with Gasteiger partial charge < -0.3 is 0 Å². The smallest absolute Gasteiger partial charge is 0.256 e. The molecule has 0 amide bonds. The first-order valence-corrected chi connectivity index (χ1v) is 6.47. The van der Waals surface area contributed by atoms with Crippen molar-refractivity contribution in [1.82, 2.24) is 34.3 Å². The van der Waals surface area contributed by atoms with Crippen LogP contribution in [0.1, 0.15) is 25.5 Å². The molecule has 20 heavy (non-hydrogen) atoms. The van der Waals surface area contributed by atoms with Gasteiger partial charge in [-0.1, -0.05) is 13.8 Å². The zero-order chi connectivity index (χ0) is 14.1. The number of rotatable bonds is 3. The lowest BCUT2D eigenvalue weighted by Gasteiger charge is -2.04. The summed E-state index contributed by atoms with van der Waals surface area (Å²) in [5.41, 5.74) is 0.964. The van der Waals surface area contributed by atoms with Crippen molar-refractivity contribution in [3.63, 3.8) is 0 Å². The third-order valence-corrected chi connectivity index (χ3v) is 2.90. The summed E-state index contributed by atoms with van der Waals surface area (Å²) in [5.74, 6) is 1.11. The molecule has 0 saturated heterocycles. The molecule has 3 rings (SSSR count). The van der Waals surface area contributed by atoms with Crippen LogP contribution in [0.5, 0.6) is 0 Å². The number of hydrogen-bond acceptors (Lipinski definition) is 5. The number of hydrogen-bond donors (Lipinski definition) is 0. The second-order valence-corrected chi connectivity index (χ2v) is 4.85. The van der Waals surface area contributed by atoms with Gasteiger partial charge in [-0.2, -0.15) is 20.1 Å². The fraction of sp³-hybridized carbons (Fsp3) is 0.250. The van der Waals surface area contributed by atoms with Crippen LogP contribution in [-0.2, 0) is 0 Å². The van der Waals surface area contributed by atoms with Gasteiger partial charge in [0, 0.05) is 18.6 Å². The van der Waals surface area contributed by atoms with Gasteiger partial charge in [-0.3, -0.25) is 4.57 Å². The number of imidazole rings is 1. The Morgan fingerprint density at radius 2 is 1.90 bits per heavy atom. The summed E-state index contributed by atoms with van der Waals surface area (Å²) in [6, 6.07) is 1.93. The molecule has 8 heteroatoms. The van der Waals surface area contributed by atoms with E-state index in [1.54, 1.807) is 34.2 Å². The van der Waals surface area contributed by atoms with E-state index < -0.39 is 0 Å². The molecular formula is C12H12ClN7. The van der Waals surface area contributed by atoms with Crippen molar-refractivity contribution in [3.05, 3.63) is 42.0 Å². The van der Waals surface area contributed by atoms with Crippen molar-refractivity contribution in [1.29, 1.82) is 0 Å². The highest BCUT2D eigenvalue weighted by molar-refractivity contribution is 6.28. The Bertz CT molecular complexity index is 717. The lowest BCUT2D eigenvalue weighted by Crippen LogP contribution is -2.08. The predicted octanol–water partition coefficient (Wildman–Crippen LogP) is 2.02. The van der Waals surface area contributed by atoms with Crippen LogP contribution in [0.15, 0.2) is 31.0 Å². The van der Waals surface area contributed by atoms with Gasteiger partial charge in [0.25, 0.3) is 5.95 Å². The Morgan fingerprint density at radius 1 is 1.10 bits per heavy atom. The lowest BCUT2D eigenvalue weighted by molar-refractivity contribution is 0.729. The van der Waals surface area contributed by atoms with Crippen LogP contribution < -0.4 is 0 Å². The number of halogens is 1. The molecule has 0 radical (unpaired) electrons. The zero-order valence-corrected chi connectivity index (χ0v) is 11.7.